The van der Waals surface area contributed by atoms with Gasteiger partial charge in [0.15, 0.2) is 0 Å². The fourth-order valence-electron chi connectivity index (χ4n) is 2.06. The topological polar surface area (TPSA) is 81.2 Å². The van der Waals surface area contributed by atoms with E-state index >= 15 is 0 Å². The van der Waals surface area contributed by atoms with Crippen LogP contribution in [0.4, 0.5) is 0 Å². The monoisotopic (exact) mass is 321 g/mol. The minimum Gasteiger partial charge on any atom is -0.493 e. The van der Waals surface area contributed by atoms with Gasteiger partial charge in [-0.3, -0.25) is 0 Å². The Hall–Kier alpha value is -3.33. The first-order chi connectivity index (χ1) is 11.8. The summed E-state index contributed by atoms with van der Waals surface area (Å²) < 4.78 is 16.4. The highest BCUT2D eigenvalue weighted by atomic mass is 16.5. The fourth-order valence-corrected chi connectivity index (χ4v) is 2.06. The Morgan fingerprint density at radius 3 is 2.08 bits per heavy atom. The Labute approximate surface area is 139 Å². The SMILES string of the molecule is N#Cc1ccc(OCCCOc2ccc(-c3nnco3)cc2)cc1. The van der Waals surface area contributed by atoms with Crippen LogP contribution in [0.5, 0.6) is 11.5 Å². The first-order valence-electron chi connectivity index (χ1n) is 7.47. The van der Waals surface area contributed by atoms with Gasteiger partial charge in [-0.05, 0) is 48.5 Å². The van der Waals surface area contributed by atoms with Crippen molar-refractivity contribution in [1.82, 2.24) is 10.2 Å². The van der Waals surface area contributed by atoms with Crippen molar-refractivity contribution in [1.29, 1.82) is 5.26 Å². The molecule has 0 radical (unpaired) electrons. The molecular weight excluding hydrogens is 306 g/mol. The number of hydrogen-bond donors (Lipinski definition) is 0. The number of benzene rings is 2. The van der Waals surface area contributed by atoms with Crippen LogP contribution >= 0.6 is 0 Å². The third-order valence-corrected chi connectivity index (χ3v) is 3.27. The lowest BCUT2D eigenvalue weighted by Crippen LogP contribution is -2.04. The first kappa shape index (κ1) is 15.6. The molecule has 3 rings (SSSR count). The van der Waals surface area contributed by atoms with Gasteiger partial charge in [0.05, 0.1) is 24.8 Å². The predicted molar refractivity (Wildman–Crippen MR) is 86.5 cm³/mol. The maximum Gasteiger partial charge on any atom is 0.247 e. The first-order valence-corrected chi connectivity index (χ1v) is 7.47. The van der Waals surface area contributed by atoms with E-state index in [0.717, 1.165) is 23.5 Å². The summed E-state index contributed by atoms with van der Waals surface area (Å²) in [5.41, 5.74) is 1.47. The van der Waals surface area contributed by atoms with E-state index in [1.807, 2.05) is 24.3 Å². The highest BCUT2D eigenvalue weighted by molar-refractivity contribution is 5.53. The van der Waals surface area contributed by atoms with Gasteiger partial charge in [-0.25, -0.2) is 0 Å². The zero-order valence-electron chi connectivity index (χ0n) is 12.9. The summed E-state index contributed by atoms with van der Waals surface area (Å²) in [4.78, 5) is 0. The molecule has 0 aliphatic heterocycles. The Morgan fingerprint density at radius 2 is 1.54 bits per heavy atom. The van der Waals surface area contributed by atoms with Gasteiger partial charge in [-0.2, -0.15) is 5.26 Å². The molecule has 2 aromatic carbocycles. The Morgan fingerprint density at radius 1 is 0.917 bits per heavy atom. The Balaban J connectivity index is 1.39. The van der Waals surface area contributed by atoms with E-state index in [2.05, 4.69) is 16.3 Å². The molecule has 0 aliphatic carbocycles. The molecule has 3 aromatic rings. The maximum absolute atomic E-state index is 8.73. The van der Waals surface area contributed by atoms with Crippen LogP contribution in [-0.2, 0) is 0 Å². The van der Waals surface area contributed by atoms with Gasteiger partial charge in [0.25, 0.3) is 0 Å². The minimum atomic E-state index is 0.484. The molecule has 0 amide bonds. The Kier molecular flexibility index (Phi) is 5.05. The van der Waals surface area contributed by atoms with E-state index in [0.29, 0.717) is 24.7 Å². The zero-order valence-corrected chi connectivity index (χ0v) is 12.9. The van der Waals surface area contributed by atoms with Crippen molar-refractivity contribution in [3.05, 3.63) is 60.5 Å². The quantitative estimate of drug-likeness (QED) is 0.620. The van der Waals surface area contributed by atoms with Crippen LogP contribution in [0.1, 0.15) is 12.0 Å². The largest absolute Gasteiger partial charge is 0.493 e. The third-order valence-electron chi connectivity index (χ3n) is 3.27. The van der Waals surface area contributed by atoms with Gasteiger partial charge in [-0.15, -0.1) is 10.2 Å². The van der Waals surface area contributed by atoms with E-state index < -0.39 is 0 Å². The van der Waals surface area contributed by atoms with Gasteiger partial charge >= 0.3 is 0 Å². The van der Waals surface area contributed by atoms with Crippen molar-refractivity contribution in [2.75, 3.05) is 13.2 Å². The van der Waals surface area contributed by atoms with E-state index in [9.17, 15) is 0 Å². The van der Waals surface area contributed by atoms with Gasteiger partial charge in [0.1, 0.15) is 11.5 Å². The van der Waals surface area contributed by atoms with Crippen molar-refractivity contribution < 1.29 is 13.9 Å². The van der Waals surface area contributed by atoms with Crippen LogP contribution in [0, 0.1) is 11.3 Å². The van der Waals surface area contributed by atoms with Crippen molar-refractivity contribution >= 4 is 0 Å². The van der Waals surface area contributed by atoms with Crippen LogP contribution in [0.3, 0.4) is 0 Å². The lowest BCUT2D eigenvalue weighted by molar-refractivity contribution is 0.247. The predicted octanol–water partition coefficient (Wildman–Crippen LogP) is 3.46. The molecule has 120 valence electrons. The number of hydrogen-bond acceptors (Lipinski definition) is 6. The standard InChI is InChI=1S/C18H15N3O3/c19-12-14-2-6-16(7-3-14)22-10-1-11-23-17-8-4-15(5-9-17)18-21-20-13-24-18/h2-9,13H,1,10-11H2. The molecular formula is C18H15N3O3. The van der Waals surface area contributed by atoms with Gasteiger partial charge in [-0.1, -0.05) is 0 Å². The van der Waals surface area contributed by atoms with E-state index in [-0.39, 0.29) is 0 Å². The van der Waals surface area contributed by atoms with Crippen LogP contribution in [0.15, 0.2) is 59.3 Å². The average Bonchev–Trinajstić information content (AvgIpc) is 3.17. The highest BCUT2D eigenvalue weighted by Gasteiger charge is 2.03. The second-order valence-corrected chi connectivity index (χ2v) is 4.95. The summed E-state index contributed by atoms with van der Waals surface area (Å²) in [6, 6.07) is 16.6. The lowest BCUT2D eigenvalue weighted by atomic mass is 10.2. The summed E-state index contributed by atoms with van der Waals surface area (Å²) >= 11 is 0. The smallest absolute Gasteiger partial charge is 0.247 e. The molecule has 0 spiro atoms. The third kappa shape index (κ3) is 4.11. The summed E-state index contributed by atoms with van der Waals surface area (Å²) in [5, 5.41) is 16.2. The second kappa shape index (κ2) is 7.79. The number of ether oxygens (including phenoxy) is 2. The second-order valence-electron chi connectivity index (χ2n) is 4.95. The molecule has 6 heteroatoms. The van der Waals surface area contributed by atoms with Crippen LogP contribution in [0.25, 0.3) is 11.5 Å². The number of aromatic nitrogens is 2. The van der Waals surface area contributed by atoms with Crippen molar-refractivity contribution in [3.8, 4) is 29.0 Å². The number of nitrogens with zero attached hydrogens (tertiary/aromatic N) is 3. The molecule has 6 nitrogen and oxygen atoms in total. The lowest BCUT2D eigenvalue weighted by Gasteiger charge is -2.08. The highest BCUT2D eigenvalue weighted by Crippen LogP contribution is 2.20. The van der Waals surface area contributed by atoms with Gasteiger partial charge in [0.2, 0.25) is 12.3 Å². The molecule has 24 heavy (non-hydrogen) atoms. The molecule has 0 bridgehead atoms. The van der Waals surface area contributed by atoms with Crippen molar-refractivity contribution in [2.24, 2.45) is 0 Å². The summed E-state index contributed by atoms with van der Waals surface area (Å²) in [7, 11) is 0. The Bertz CT molecular complexity index is 791. The average molecular weight is 321 g/mol. The van der Waals surface area contributed by atoms with Crippen LogP contribution < -0.4 is 9.47 Å². The maximum atomic E-state index is 8.73. The molecule has 0 saturated carbocycles. The molecule has 1 heterocycles. The summed E-state index contributed by atoms with van der Waals surface area (Å²) in [5.74, 6) is 2.01. The fraction of sp³-hybridized carbons (Fsp3) is 0.167. The van der Waals surface area contributed by atoms with Gasteiger partial charge in [0, 0.05) is 12.0 Å². The molecule has 0 saturated heterocycles. The molecule has 0 atom stereocenters. The number of rotatable bonds is 7. The number of nitriles is 1. The van der Waals surface area contributed by atoms with Gasteiger partial charge < -0.3 is 13.9 Å². The van der Waals surface area contributed by atoms with Crippen LogP contribution in [-0.4, -0.2) is 23.4 Å². The molecule has 1 aromatic heterocycles. The minimum absolute atomic E-state index is 0.484. The molecule has 0 aliphatic rings. The normalized spacial score (nSPS) is 10.1. The van der Waals surface area contributed by atoms with E-state index in [1.165, 1.54) is 6.39 Å². The molecule has 0 unspecified atom stereocenters. The zero-order chi connectivity index (χ0) is 16.6. The van der Waals surface area contributed by atoms with Crippen molar-refractivity contribution in [3.63, 3.8) is 0 Å². The molecule has 0 N–H and O–H groups in total. The van der Waals surface area contributed by atoms with Crippen molar-refractivity contribution in [2.45, 2.75) is 6.42 Å². The molecule has 0 fully saturated rings. The summed E-state index contributed by atoms with van der Waals surface area (Å²) in [6.07, 6.45) is 2.05. The van der Waals surface area contributed by atoms with E-state index in [1.54, 1.807) is 24.3 Å². The van der Waals surface area contributed by atoms with E-state index in [4.69, 9.17) is 19.2 Å². The summed E-state index contributed by atoms with van der Waals surface area (Å²) in [6.45, 7) is 1.10. The van der Waals surface area contributed by atoms with Crippen LogP contribution in [0.2, 0.25) is 0 Å².